The fourth-order valence-electron chi connectivity index (χ4n) is 2.61. The van der Waals surface area contributed by atoms with E-state index in [0.29, 0.717) is 18.1 Å². The summed E-state index contributed by atoms with van der Waals surface area (Å²) in [6, 6.07) is 5.78. The first-order valence-corrected chi connectivity index (χ1v) is 8.25. The van der Waals surface area contributed by atoms with Crippen LogP contribution in [-0.2, 0) is 16.1 Å². The van der Waals surface area contributed by atoms with Crippen molar-refractivity contribution >= 4 is 49.7 Å². The summed E-state index contributed by atoms with van der Waals surface area (Å²) < 4.78 is 7.96. The topological polar surface area (TPSA) is 83.0 Å². The lowest BCUT2D eigenvalue weighted by molar-refractivity contribution is -0.144. The first-order chi connectivity index (χ1) is 11.1. The Bertz CT molecular complexity index is 875. The number of hydrogen-bond donors (Lipinski definition) is 1. The van der Waals surface area contributed by atoms with Gasteiger partial charge < -0.3 is 15.0 Å². The quantitative estimate of drug-likeness (QED) is 0.545. The number of hydrogen-bond acceptors (Lipinski definition) is 5. The maximum Gasteiger partial charge on any atom is 0.326 e. The maximum atomic E-state index is 12.1. The molecule has 2 aromatic heterocycles. The van der Waals surface area contributed by atoms with Crippen molar-refractivity contribution in [1.29, 1.82) is 0 Å². The fourth-order valence-corrected chi connectivity index (χ4v) is 3.19. The van der Waals surface area contributed by atoms with Crippen molar-refractivity contribution in [3.8, 4) is 0 Å². The van der Waals surface area contributed by atoms with Crippen molar-refractivity contribution < 1.29 is 9.53 Å². The Morgan fingerprint density at radius 3 is 3.00 bits per heavy atom. The number of ether oxygens (including phenoxy) is 1. The highest BCUT2D eigenvalue weighted by Gasteiger charge is 2.18. The molecule has 0 aliphatic carbocycles. The standard InChI is InChI=1S/C16H17BrN4O2/c1-2-3-7-23-12(22)8-21-14-10(5-4-6-11(14)17)13-15(18)19-9-20-16(13)21/h4-6,9H,2-3,7-8H2,1H3,(H2,18,19,20). The highest BCUT2D eigenvalue weighted by atomic mass is 79.9. The predicted octanol–water partition coefficient (Wildman–Crippen LogP) is 3.27. The van der Waals surface area contributed by atoms with E-state index in [1.807, 2.05) is 22.8 Å². The largest absolute Gasteiger partial charge is 0.464 e. The van der Waals surface area contributed by atoms with Gasteiger partial charge in [-0.25, -0.2) is 9.97 Å². The Balaban J connectivity index is 2.10. The second-order valence-corrected chi connectivity index (χ2v) is 6.11. The molecule has 0 amide bonds. The number of carbonyl (C=O) groups is 1. The van der Waals surface area contributed by atoms with Crippen molar-refractivity contribution in [3.63, 3.8) is 0 Å². The molecule has 2 N–H and O–H groups in total. The molecule has 0 saturated carbocycles. The van der Waals surface area contributed by atoms with Crippen molar-refractivity contribution in [2.45, 2.75) is 26.3 Å². The Kier molecular flexibility index (Phi) is 4.47. The van der Waals surface area contributed by atoms with Crippen molar-refractivity contribution in [1.82, 2.24) is 14.5 Å². The van der Waals surface area contributed by atoms with Crippen LogP contribution in [0.5, 0.6) is 0 Å². The Labute approximate surface area is 141 Å². The molecule has 6 nitrogen and oxygen atoms in total. The van der Waals surface area contributed by atoms with E-state index in [1.165, 1.54) is 6.33 Å². The summed E-state index contributed by atoms with van der Waals surface area (Å²) in [5, 5.41) is 1.67. The fraction of sp³-hybridized carbons (Fsp3) is 0.312. The number of unbranched alkanes of at least 4 members (excludes halogenated alkanes) is 1. The van der Waals surface area contributed by atoms with E-state index in [9.17, 15) is 4.79 Å². The summed E-state index contributed by atoms with van der Waals surface area (Å²) in [5.41, 5.74) is 7.51. The van der Waals surface area contributed by atoms with Crippen LogP contribution >= 0.6 is 15.9 Å². The van der Waals surface area contributed by atoms with E-state index in [4.69, 9.17) is 10.5 Å². The maximum absolute atomic E-state index is 12.1. The first kappa shape index (κ1) is 15.7. The molecule has 2 heterocycles. The molecule has 7 heteroatoms. The van der Waals surface area contributed by atoms with Gasteiger partial charge in [0.05, 0.1) is 17.5 Å². The van der Waals surface area contributed by atoms with E-state index >= 15 is 0 Å². The molecule has 0 fully saturated rings. The molecular weight excluding hydrogens is 360 g/mol. The highest BCUT2D eigenvalue weighted by molar-refractivity contribution is 9.10. The Morgan fingerprint density at radius 1 is 1.39 bits per heavy atom. The van der Waals surface area contributed by atoms with Crippen molar-refractivity contribution in [2.75, 3.05) is 12.3 Å². The van der Waals surface area contributed by atoms with Crippen LogP contribution in [0.1, 0.15) is 19.8 Å². The van der Waals surface area contributed by atoms with Gasteiger partial charge in [0.1, 0.15) is 24.3 Å². The number of carbonyl (C=O) groups excluding carboxylic acids is 1. The summed E-state index contributed by atoms with van der Waals surface area (Å²) in [7, 11) is 0. The Hall–Kier alpha value is -2.15. The number of nitrogens with zero attached hydrogens (tertiary/aromatic N) is 3. The number of rotatable bonds is 5. The van der Waals surface area contributed by atoms with E-state index in [1.54, 1.807) is 0 Å². The van der Waals surface area contributed by atoms with Gasteiger partial charge in [0.25, 0.3) is 0 Å². The zero-order chi connectivity index (χ0) is 16.4. The minimum absolute atomic E-state index is 0.0861. The molecule has 0 unspecified atom stereocenters. The molecule has 23 heavy (non-hydrogen) atoms. The molecule has 3 aromatic rings. The third kappa shape index (κ3) is 2.88. The molecule has 0 spiro atoms. The SMILES string of the molecule is CCCCOC(=O)Cn1c2ncnc(N)c2c2cccc(Br)c21. The van der Waals surface area contributed by atoms with Gasteiger partial charge in [0.2, 0.25) is 0 Å². The average molecular weight is 377 g/mol. The molecule has 0 aliphatic heterocycles. The molecular formula is C16H17BrN4O2. The van der Waals surface area contributed by atoms with Gasteiger partial charge in [-0.3, -0.25) is 4.79 Å². The number of nitrogen functional groups attached to an aromatic ring is 1. The number of esters is 1. The van der Waals surface area contributed by atoms with Crippen LogP contribution in [0.15, 0.2) is 29.0 Å². The molecule has 0 saturated heterocycles. The third-order valence-corrected chi connectivity index (χ3v) is 4.33. The summed E-state index contributed by atoms with van der Waals surface area (Å²) in [5.74, 6) is 0.112. The van der Waals surface area contributed by atoms with Crippen molar-refractivity contribution in [3.05, 3.63) is 29.0 Å². The zero-order valence-electron chi connectivity index (χ0n) is 12.8. The van der Waals surface area contributed by atoms with Gasteiger partial charge in [-0.05, 0) is 28.4 Å². The molecule has 0 bridgehead atoms. The number of fused-ring (bicyclic) bond motifs is 3. The average Bonchev–Trinajstić information content (AvgIpc) is 2.84. The van der Waals surface area contributed by atoms with Gasteiger partial charge in [-0.1, -0.05) is 25.5 Å². The van der Waals surface area contributed by atoms with Crippen LogP contribution in [-0.4, -0.2) is 27.1 Å². The summed E-state index contributed by atoms with van der Waals surface area (Å²) in [6.07, 6.45) is 3.25. The number of benzene rings is 1. The number of nitrogens with two attached hydrogens (primary N) is 1. The van der Waals surface area contributed by atoms with E-state index in [-0.39, 0.29) is 12.5 Å². The number of para-hydroxylation sites is 1. The van der Waals surface area contributed by atoms with E-state index < -0.39 is 0 Å². The lowest BCUT2D eigenvalue weighted by atomic mass is 10.2. The lowest BCUT2D eigenvalue weighted by Gasteiger charge is -2.08. The van der Waals surface area contributed by atoms with Gasteiger partial charge in [-0.15, -0.1) is 0 Å². The van der Waals surface area contributed by atoms with Crippen LogP contribution < -0.4 is 5.73 Å². The molecule has 0 aliphatic rings. The van der Waals surface area contributed by atoms with Gasteiger partial charge in [0.15, 0.2) is 0 Å². The molecule has 120 valence electrons. The number of aromatic nitrogens is 3. The molecule has 3 rings (SSSR count). The van der Waals surface area contributed by atoms with E-state index in [0.717, 1.165) is 33.6 Å². The van der Waals surface area contributed by atoms with Crippen LogP contribution in [0.2, 0.25) is 0 Å². The Morgan fingerprint density at radius 2 is 2.22 bits per heavy atom. The molecule has 1 aromatic carbocycles. The van der Waals surface area contributed by atoms with Crippen molar-refractivity contribution in [2.24, 2.45) is 0 Å². The molecule has 0 radical (unpaired) electrons. The van der Waals surface area contributed by atoms with Crippen LogP contribution in [0.3, 0.4) is 0 Å². The molecule has 0 atom stereocenters. The van der Waals surface area contributed by atoms with Gasteiger partial charge >= 0.3 is 5.97 Å². The second-order valence-electron chi connectivity index (χ2n) is 5.25. The predicted molar refractivity (Wildman–Crippen MR) is 93.0 cm³/mol. The lowest BCUT2D eigenvalue weighted by Crippen LogP contribution is -2.14. The summed E-state index contributed by atoms with van der Waals surface area (Å²) in [6.45, 7) is 2.57. The van der Waals surface area contributed by atoms with E-state index in [2.05, 4.69) is 32.8 Å². The third-order valence-electron chi connectivity index (χ3n) is 3.69. The van der Waals surface area contributed by atoms with Crippen LogP contribution in [0, 0.1) is 0 Å². The minimum Gasteiger partial charge on any atom is -0.464 e. The first-order valence-electron chi connectivity index (χ1n) is 7.46. The monoisotopic (exact) mass is 376 g/mol. The normalized spacial score (nSPS) is 11.2. The zero-order valence-corrected chi connectivity index (χ0v) is 14.3. The minimum atomic E-state index is -0.287. The summed E-state index contributed by atoms with van der Waals surface area (Å²) in [4.78, 5) is 20.5. The van der Waals surface area contributed by atoms with Gasteiger partial charge in [0, 0.05) is 9.86 Å². The smallest absolute Gasteiger partial charge is 0.326 e. The van der Waals surface area contributed by atoms with Crippen LogP contribution in [0.4, 0.5) is 5.82 Å². The van der Waals surface area contributed by atoms with Crippen LogP contribution in [0.25, 0.3) is 21.9 Å². The highest BCUT2D eigenvalue weighted by Crippen LogP contribution is 2.34. The van der Waals surface area contributed by atoms with Gasteiger partial charge in [-0.2, -0.15) is 0 Å². The summed E-state index contributed by atoms with van der Waals surface area (Å²) >= 11 is 3.54. The second kappa shape index (κ2) is 6.54. The number of halogens is 1. The number of anilines is 1.